The first kappa shape index (κ1) is 9.01. The topological polar surface area (TPSA) is 24.1 Å². The standard InChI is InChI=1S/C7H14N2.C2H6/c1-2-4-9-7(3-1)5-8-6-7;1-2/h8-9H,1-6H2;1-2H3. The summed E-state index contributed by atoms with van der Waals surface area (Å²) in [5.41, 5.74) is 0.540. The normalized spacial score (nSPS) is 26.7. The van der Waals surface area contributed by atoms with Crippen LogP contribution in [0, 0.1) is 0 Å². The predicted molar refractivity (Wildman–Crippen MR) is 48.8 cm³/mol. The van der Waals surface area contributed by atoms with Crippen molar-refractivity contribution in [2.24, 2.45) is 0 Å². The van der Waals surface area contributed by atoms with Crippen LogP contribution in [0.5, 0.6) is 0 Å². The Morgan fingerprint density at radius 2 is 1.82 bits per heavy atom. The van der Waals surface area contributed by atoms with Crippen molar-refractivity contribution in [1.29, 1.82) is 0 Å². The molecule has 0 unspecified atom stereocenters. The van der Waals surface area contributed by atoms with E-state index in [9.17, 15) is 0 Å². The molecule has 0 aromatic heterocycles. The number of nitrogens with one attached hydrogen (secondary N) is 2. The Labute approximate surface area is 69.8 Å². The van der Waals surface area contributed by atoms with Gasteiger partial charge in [0.25, 0.3) is 0 Å². The lowest BCUT2D eigenvalue weighted by Gasteiger charge is -2.46. The van der Waals surface area contributed by atoms with Crippen LogP contribution in [0.2, 0.25) is 0 Å². The lowest BCUT2D eigenvalue weighted by Crippen LogP contribution is -2.68. The van der Waals surface area contributed by atoms with Crippen LogP contribution < -0.4 is 10.6 Å². The van der Waals surface area contributed by atoms with E-state index in [2.05, 4.69) is 10.6 Å². The minimum Gasteiger partial charge on any atom is -0.313 e. The molecule has 0 bridgehead atoms. The van der Waals surface area contributed by atoms with Crippen LogP contribution in [0.4, 0.5) is 0 Å². The van der Waals surface area contributed by atoms with Crippen LogP contribution in [0.3, 0.4) is 0 Å². The summed E-state index contributed by atoms with van der Waals surface area (Å²) in [6.07, 6.45) is 4.19. The average molecular weight is 156 g/mol. The molecule has 2 saturated heterocycles. The Kier molecular flexibility index (Phi) is 3.34. The largest absolute Gasteiger partial charge is 0.313 e. The van der Waals surface area contributed by atoms with Crippen LogP contribution in [0.1, 0.15) is 33.1 Å². The molecule has 0 aromatic carbocycles. The fraction of sp³-hybridized carbons (Fsp3) is 1.00. The van der Waals surface area contributed by atoms with Crippen molar-refractivity contribution in [2.75, 3.05) is 19.6 Å². The van der Waals surface area contributed by atoms with Gasteiger partial charge in [-0.1, -0.05) is 20.3 Å². The van der Waals surface area contributed by atoms with Gasteiger partial charge in [0.15, 0.2) is 0 Å². The number of rotatable bonds is 0. The highest BCUT2D eigenvalue weighted by molar-refractivity contribution is 5.01. The second-order valence-corrected chi connectivity index (χ2v) is 3.27. The minimum absolute atomic E-state index is 0.540. The summed E-state index contributed by atoms with van der Waals surface area (Å²) in [5.74, 6) is 0. The van der Waals surface area contributed by atoms with Crippen molar-refractivity contribution in [2.45, 2.75) is 38.6 Å². The van der Waals surface area contributed by atoms with Gasteiger partial charge in [0.05, 0.1) is 0 Å². The fourth-order valence-corrected chi connectivity index (χ4v) is 1.76. The maximum absolute atomic E-state index is 3.57. The second kappa shape index (κ2) is 4.07. The molecule has 11 heavy (non-hydrogen) atoms. The molecule has 2 heterocycles. The number of hydrogen-bond donors (Lipinski definition) is 2. The summed E-state index contributed by atoms with van der Waals surface area (Å²) in [6, 6.07) is 0. The molecular weight excluding hydrogens is 136 g/mol. The SMILES string of the molecule is C1CCC2(CNC2)NC1.CC. The van der Waals surface area contributed by atoms with Crippen LogP contribution in [0.25, 0.3) is 0 Å². The van der Waals surface area contributed by atoms with Gasteiger partial charge in [0.2, 0.25) is 0 Å². The molecule has 2 nitrogen and oxygen atoms in total. The molecule has 0 radical (unpaired) electrons. The molecule has 66 valence electrons. The summed E-state index contributed by atoms with van der Waals surface area (Å²) in [6.45, 7) is 7.64. The highest BCUT2D eigenvalue weighted by Gasteiger charge is 2.36. The molecule has 0 aromatic rings. The molecule has 2 aliphatic heterocycles. The van der Waals surface area contributed by atoms with Gasteiger partial charge < -0.3 is 10.6 Å². The first-order chi connectivity index (χ1) is 5.41. The van der Waals surface area contributed by atoms with Crippen molar-refractivity contribution in [3.8, 4) is 0 Å². The molecule has 2 fully saturated rings. The van der Waals surface area contributed by atoms with Crippen molar-refractivity contribution >= 4 is 0 Å². The summed E-state index contributed by atoms with van der Waals surface area (Å²) in [5, 5.41) is 6.88. The Morgan fingerprint density at radius 1 is 1.09 bits per heavy atom. The molecule has 0 atom stereocenters. The van der Waals surface area contributed by atoms with Crippen LogP contribution >= 0.6 is 0 Å². The second-order valence-electron chi connectivity index (χ2n) is 3.27. The van der Waals surface area contributed by atoms with Crippen LogP contribution in [-0.4, -0.2) is 25.2 Å². The predicted octanol–water partition coefficient (Wildman–Crippen LogP) is 1.13. The zero-order chi connectivity index (χ0) is 8.16. The van der Waals surface area contributed by atoms with Crippen molar-refractivity contribution in [3.63, 3.8) is 0 Å². The van der Waals surface area contributed by atoms with Gasteiger partial charge in [-0.2, -0.15) is 0 Å². The van der Waals surface area contributed by atoms with E-state index in [0.717, 1.165) is 0 Å². The van der Waals surface area contributed by atoms with Gasteiger partial charge >= 0.3 is 0 Å². The lowest BCUT2D eigenvalue weighted by atomic mass is 9.84. The van der Waals surface area contributed by atoms with Crippen molar-refractivity contribution in [3.05, 3.63) is 0 Å². The smallest absolute Gasteiger partial charge is 0.0432 e. The summed E-state index contributed by atoms with van der Waals surface area (Å²) in [7, 11) is 0. The van der Waals surface area contributed by atoms with Gasteiger partial charge in [-0.25, -0.2) is 0 Å². The van der Waals surface area contributed by atoms with E-state index in [1.807, 2.05) is 13.8 Å². The maximum atomic E-state index is 3.57. The molecule has 2 heteroatoms. The van der Waals surface area contributed by atoms with Gasteiger partial charge in [-0.15, -0.1) is 0 Å². The third kappa shape index (κ3) is 1.94. The maximum Gasteiger partial charge on any atom is 0.0432 e. The summed E-state index contributed by atoms with van der Waals surface area (Å²) < 4.78 is 0. The van der Waals surface area contributed by atoms with E-state index in [1.54, 1.807) is 0 Å². The van der Waals surface area contributed by atoms with Gasteiger partial charge in [0.1, 0.15) is 0 Å². The van der Waals surface area contributed by atoms with Crippen LogP contribution in [0.15, 0.2) is 0 Å². The summed E-state index contributed by atoms with van der Waals surface area (Å²) >= 11 is 0. The zero-order valence-corrected chi connectivity index (χ0v) is 7.74. The lowest BCUT2D eigenvalue weighted by molar-refractivity contribution is 0.169. The van der Waals surface area contributed by atoms with E-state index in [1.165, 1.54) is 38.9 Å². The first-order valence-corrected chi connectivity index (χ1v) is 4.87. The van der Waals surface area contributed by atoms with E-state index in [4.69, 9.17) is 0 Å². The molecule has 1 spiro atoms. The molecule has 0 aliphatic carbocycles. The molecule has 0 saturated carbocycles. The highest BCUT2D eigenvalue weighted by atomic mass is 15.1. The molecular formula is C9H20N2. The third-order valence-corrected chi connectivity index (χ3v) is 2.51. The molecule has 2 N–H and O–H groups in total. The minimum atomic E-state index is 0.540. The number of piperidine rings is 1. The van der Waals surface area contributed by atoms with E-state index < -0.39 is 0 Å². The Hall–Kier alpha value is -0.0800. The van der Waals surface area contributed by atoms with Gasteiger partial charge in [-0.05, 0) is 19.4 Å². The van der Waals surface area contributed by atoms with Crippen molar-refractivity contribution < 1.29 is 0 Å². The van der Waals surface area contributed by atoms with Crippen LogP contribution in [-0.2, 0) is 0 Å². The van der Waals surface area contributed by atoms with E-state index in [0.29, 0.717) is 5.54 Å². The van der Waals surface area contributed by atoms with Gasteiger partial charge in [-0.3, -0.25) is 0 Å². The monoisotopic (exact) mass is 156 g/mol. The third-order valence-electron chi connectivity index (χ3n) is 2.51. The highest BCUT2D eigenvalue weighted by Crippen LogP contribution is 2.22. The van der Waals surface area contributed by atoms with Crippen molar-refractivity contribution in [1.82, 2.24) is 10.6 Å². The fourth-order valence-electron chi connectivity index (χ4n) is 1.76. The Bertz CT molecular complexity index is 100. The Balaban J connectivity index is 0.000000281. The molecule has 0 amide bonds. The number of hydrogen-bond acceptors (Lipinski definition) is 2. The quantitative estimate of drug-likeness (QED) is 0.549. The zero-order valence-electron chi connectivity index (χ0n) is 7.74. The molecule has 2 rings (SSSR count). The first-order valence-electron chi connectivity index (χ1n) is 4.87. The molecule has 2 aliphatic rings. The summed E-state index contributed by atoms with van der Waals surface area (Å²) in [4.78, 5) is 0. The van der Waals surface area contributed by atoms with E-state index >= 15 is 0 Å². The Morgan fingerprint density at radius 3 is 2.09 bits per heavy atom. The van der Waals surface area contributed by atoms with E-state index in [-0.39, 0.29) is 0 Å². The average Bonchev–Trinajstić information content (AvgIpc) is 2.07. The van der Waals surface area contributed by atoms with Gasteiger partial charge in [0, 0.05) is 18.6 Å².